The van der Waals surface area contributed by atoms with Crippen LogP contribution in [0.25, 0.3) is 0 Å². The highest BCUT2D eigenvalue weighted by atomic mass is 32.2. The van der Waals surface area contributed by atoms with Gasteiger partial charge in [-0.15, -0.1) is 0 Å². The van der Waals surface area contributed by atoms with Crippen LogP contribution in [0, 0.1) is 0 Å². The van der Waals surface area contributed by atoms with Crippen LogP contribution in [0.1, 0.15) is 0 Å². The highest BCUT2D eigenvalue weighted by Gasteiger charge is 1.92. The van der Waals surface area contributed by atoms with Gasteiger partial charge in [0.25, 0.3) is 0 Å². The smallest absolute Gasteiger partial charge is 0.0604 e. The van der Waals surface area contributed by atoms with Crippen molar-refractivity contribution < 1.29 is 13.9 Å². The van der Waals surface area contributed by atoms with E-state index in [0.29, 0.717) is 12.2 Å². The van der Waals surface area contributed by atoms with Crippen molar-refractivity contribution in [1.82, 2.24) is 0 Å². The Balaban J connectivity index is 2.54. The fraction of sp³-hybridized carbons (Fsp3) is 0.250. The van der Waals surface area contributed by atoms with Gasteiger partial charge >= 0.3 is 0 Å². The molecule has 14 heavy (non-hydrogen) atoms. The summed E-state index contributed by atoms with van der Waals surface area (Å²) in [6.45, 7) is 0.533. The van der Waals surface area contributed by atoms with Gasteiger partial charge in [-0.3, -0.25) is 4.21 Å². The Bertz CT molecular complexity index is 302. The fourth-order valence-corrected chi connectivity index (χ4v) is 1.28. The van der Waals surface area contributed by atoms with Gasteiger partial charge in [-0.05, 0) is 24.3 Å². The molecule has 1 aromatic rings. The molecule has 0 aliphatic heterocycles. The maximum Gasteiger partial charge on any atom is 0.0604 e. The SMILES string of the molecule is O=S([O-])Nc1ccc(NCCO)cc1. The van der Waals surface area contributed by atoms with Crippen LogP contribution in [0.4, 0.5) is 11.4 Å². The minimum atomic E-state index is -2.29. The van der Waals surface area contributed by atoms with Crippen LogP contribution in [0.5, 0.6) is 0 Å². The molecule has 3 N–H and O–H groups in total. The molecule has 1 atom stereocenters. The maximum atomic E-state index is 10.3. The normalized spacial score (nSPS) is 12.1. The lowest BCUT2D eigenvalue weighted by Crippen LogP contribution is -2.06. The summed E-state index contributed by atoms with van der Waals surface area (Å²) < 4.78 is 22.8. The Kier molecular flexibility index (Phi) is 4.37. The largest absolute Gasteiger partial charge is 0.755 e. The predicted molar refractivity (Wildman–Crippen MR) is 54.6 cm³/mol. The van der Waals surface area contributed by atoms with Crippen LogP contribution < -0.4 is 10.0 Å². The van der Waals surface area contributed by atoms with Gasteiger partial charge in [0.15, 0.2) is 0 Å². The zero-order valence-electron chi connectivity index (χ0n) is 7.40. The van der Waals surface area contributed by atoms with Crippen molar-refractivity contribution >= 4 is 22.6 Å². The molecule has 1 unspecified atom stereocenters. The van der Waals surface area contributed by atoms with Crippen LogP contribution in [0.3, 0.4) is 0 Å². The first kappa shape index (κ1) is 11.0. The Morgan fingerprint density at radius 1 is 1.29 bits per heavy atom. The molecule has 1 rings (SSSR count). The first-order valence-corrected chi connectivity index (χ1v) is 5.10. The molecule has 0 amide bonds. The van der Waals surface area contributed by atoms with Gasteiger partial charge in [-0.1, -0.05) is 0 Å². The number of nitrogens with one attached hydrogen (secondary N) is 2. The molecule has 0 fully saturated rings. The summed E-state index contributed by atoms with van der Waals surface area (Å²) >= 11 is -2.29. The number of hydrogen-bond donors (Lipinski definition) is 3. The van der Waals surface area contributed by atoms with E-state index in [-0.39, 0.29) is 6.61 Å². The van der Waals surface area contributed by atoms with E-state index in [2.05, 4.69) is 10.0 Å². The Hall–Kier alpha value is -1.11. The molecule has 0 heterocycles. The Labute approximate surface area is 84.6 Å². The van der Waals surface area contributed by atoms with Crippen molar-refractivity contribution in [2.75, 3.05) is 23.2 Å². The molecule has 0 saturated heterocycles. The average molecular weight is 215 g/mol. The number of aliphatic hydroxyl groups excluding tert-OH is 1. The lowest BCUT2D eigenvalue weighted by atomic mass is 10.3. The lowest BCUT2D eigenvalue weighted by Gasteiger charge is -2.09. The molecule has 0 saturated carbocycles. The third kappa shape index (κ3) is 3.73. The summed E-state index contributed by atoms with van der Waals surface area (Å²) in [5, 5.41) is 11.5. The molecule has 0 aromatic heterocycles. The molecule has 6 heteroatoms. The van der Waals surface area contributed by atoms with Crippen LogP contribution in [-0.2, 0) is 11.3 Å². The molecule has 0 bridgehead atoms. The third-order valence-corrected chi connectivity index (χ3v) is 1.93. The molecule has 0 radical (unpaired) electrons. The number of anilines is 2. The maximum absolute atomic E-state index is 10.3. The van der Waals surface area contributed by atoms with Gasteiger partial charge in [-0.2, -0.15) is 0 Å². The summed E-state index contributed by atoms with van der Waals surface area (Å²) in [7, 11) is 0. The fourth-order valence-electron chi connectivity index (χ4n) is 0.953. The Morgan fingerprint density at radius 3 is 2.36 bits per heavy atom. The lowest BCUT2D eigenvalue weighted by molar-refractivity contribution is 0.311. The quantitative estimate of drug-likeness (QED) is 0.617. The summed E-state index contributed by atoms with van der Waals surface area (Å²) in [6.07, 6.45) is 0. The summed E-state index contributed by atoms with van der Waals surface area (Å²) in [6, 6.07) is 6.72. The topological polar surface area (TPSA) is 84.4 Å². The van der Waals surface area contributed by atoms with Crippen molar-refractivity contribution in [2.24, 2.45) is 0 Å². The van der Waals surface area contributed by atoms with Crippen LogP contribution >= 0.6 is 0 Å². The van der Waals surface area contributed by atoms with E-state index in [9.17, 15) is 8.76 Å². The van der Waals surface area contributed by atoms with E-state index in [0.717, 1.165) is 5.69 Å². The number of rotatable bonds is 5. The summed E-state index contributed by atoms with van der Waals surface area (Å²) in [5.41, 5.74) is 1.34. The summed E-state index contributed by atoms with van der Waals surface area (Å²) in [4.78, 5) is 0. The second-order valence-corrected chi connectivity index (χ2v) is 3.24. The van der Waals surface area contributed by atoms with Gasteiger partial charge in [0.05, 0.1) is 6.61 Å². The standard InChI is InChI=1S/C8H12N2O3S/c11-6-5-9-7-1-3-8(4-2-7)10-14(12)13/h1-4,9-11H,5-6H2,(H,12,13)/p-1. The van der Waals surface area contributed by atoms with E-state index < -0.39 is 11.3 Å². The highest BCUT2D eigenvalue weighted by molar-refractivity contribution is 7.80. The van der Waals surface area contributed by atoms with Crippen molar-refractivity contribution in [3.05, 3.63) is 24.3 Å². The van der Waals surface area contributed by atoms with Gasteiger partial charge in [0.1, 0.15) is 0 Å². The van der Waals surface area contributed by atoms with Crippen molar-refractivity contribution in [3.8, 4) is 0 Å². The third-order valence-electron chi connectivity index (χ3n) is 1.53. The van der Waals surface area contributed by atoms with Gasteiger partial charge in [0, 0.05) is 29.2 Å². The number of hydrogen-bond acceptors (Lipinski definition) is 4. The van der Waals surface area contributed by atoms with E-state index in [1.54, 1.807) is 24.3 Å². The second-order valence-electron chi connectivity index (χ2n) is 2.56. The van der Waals surface area contributed by atoms with Crippen LogP contribution in [0.2, 0.25) is 0 Å². The number of aliphatic hydroxyl groups is 1. The van der Waals surface area contributed by atoms with Crippen molar-refractivity contribution in [2.45, 2.75) is 0 Å². The molecule has 78 valence electrons. The van der Waals surface area contributed by atoms with Crippen LogP contribution in [0.15, 0.2) is 24.3 Å². The molecular weight excluding hydrogens is 204 g/mol. The van der Waals surface area contributed by atoms with E-state index >= 15 is 0 Å². The molecular formula is C8H11N2O3S-. The highest BCUT2D eigenvalue weighted by Crippen LogP contribution is 2.13. The molecule has 0 aliphatic carbocycles. The second kappa shape index (κ2) is 5.58. The minimum absolute atomic E-state index is 0.0601. The molecule has 0 aliphatic rings. The molecule has 0 spiro atoms. The van der Waals surface area contributed by atoms with E-state index in [1.807, 2.05) is 0 Å². The zero-order valence-corrected chi connectivity index (χ0v) is 8.21. The van der Waals surface area contributed by atoms with Crippen molar-refractivity contribution in [3.63, 3.8) is 0 Å². The summed E-state index contributed by atoms with van der Waals surface area (Å²) in [5.74, 6) is 0. The van der Waals surface area contributed by atoms with E-state index in [1.165, 1.54) is 0 Å². The van der Waals surface area contributed by atoms with Gasteiger partial charge in [-0.25, -0.2) is 0 Å². The van der Waals surface area contributed by atoms with Gasteiger partial charge in [0.2, 0.25) is 0 Å². The van der Waals surface area contributed by atoms with E-state index in [4.69, 9.17) is 5.11 Å². The van der Waals surface area contributed by atoms with Gasteiger partial charge < -0.3 is 19.7 Å². The molecule has 5 nitrogen and oxygen atoms in total. The number of benzene rings is 1. The average Bonchev–Trinajstić information content (AvgIpc) is 2.16. The first-order chi connectivity index (χ1) is 6.72. The monoisotopic (exact) mass is 215 g/mol. The first-order valence-electron chi connectivity index (χ1n) is 4.03. The minimum Gasteiger partial charge on any atom is -0.755 e. The van der Waals surface area contributed by atoms with Crippen LogP contribution in [-0.4, -0.2) is 27.0 Å². The zero-order chi connectivity index (χ0) is 10.4. The predicted octanol–water partition coefficient (Wildman–Crippen LogP) is 0.297. The molecule has 1 aromatic carbocycles. The Morgan fingerprint density at radius 2 is 1.86 bits per heavy atom. The van der Waals surface area contributed by atoms with Crippen molar-refractivity contribution in [1.29, 1.82) is 0 Å².